The highest BCUT2D eigenvalue weighted by Crippen LogP contribution is 2.16. The Labute approximate surface area is 120 Å². The van der Waals surface area contributed by atoms with Crippen LogP contribution in [0.2, 0.25) is 0 Å². The number of benzene rings is 1. The number of piperidine rings is 1. The number of nitrogens with one attached hydrogen (secondary N) is 1. The second kappa shape index (κ2) is 6.15. The Morgan fingerprint density at radius 3 is 2.42 bits per heavy atom. The molecule has 1 amide bonds. The Morgan fingerprint density at radius 2 is 1.84 bits per heavy atom. The van der Waals surface area contributed by atoms with E-state index in [1.807, 2.05) is 31.2 Å². The van der Waals surface area contributed by atoms with Gasteiger partial charge in [0.25, 0.3) is 5.91 Å². The number of rotatable bonds is 1. The molecule has 3 nitrogen and oxygen atoms in total. The van der Waals surface area contributed by atoms with Crippen molar-refractivity contribution in [3.8, 4) is 0 Å². The smallest absolute Gasteiger partial charge is 0.257 e. The molecule has 102 valence electrons. The lowest BCUT2D eigenvalue weighted by molar-refractivity contribution is 0.0972. The van der Waals surface area contributed by atoms with Gasteiger partial charge in [-0.3, -0.25) is 10.1 Å². The molecule has 0 unspecified atom stereocenters. The fourth-order valence-corrected chi connectivity index (χ4v) is 2.44. The van der Waals surface area contributed by atoms with Crippen molar-refractivity contribution in [2.75, 3.05) is 13.1 Å². The van der Waals surface area contributed by atoms with Crippen LogP contribution in [0.15, 0.2) is 24.3 Å². The van der Waals surface area contributed by atoms with E-state index < -0.39 is 0 Å². The molecule has 0 aliphatic carbocycles. The van der Waals surface area contributed by atoms with E-state index in [4.69, 9.17) is 12.2 Å². The Hall–Kier alpha value is -1.42. The Kier molecular flexibility index (Phi) is 4.53. The van der Waals surface area contributed by atoms with Crippen molar-refractivity contribution in [1.29, 1.82) is 0 Å². The van der Waals surface area contributed by atoms with Gasteiger partial charge in [-0.1, -0.05) is 24.6 Å². The molecular weight excluding hydrogens is 256 g/mol. The zero-order valence-corrected chi connectivity index (χ0v) is 12.3. The van der Waals surface area contributed by atoms with E-state index >= 15 is 0 Å². The van der Waals surface area contributed by atoms with Gasteiger partial charge in [0.05, 0.1) is 0 Å². The molecule has 0 bridgehead atoms. The number of hydrogen-bond donors (Lipinski definition) is 1. The van der Waals surface area contributed by atoms with Crippen LogP contribution in [0, 0.1) is 12.8 Å². The molecule has 1 aromatic rings. The fourth-order valence-electron chi connectivity index (χ4n) is 2.16. The Bertz CT molecular complexity index is 462. The SMILES string of the molecule is Cc1ccc(C(=O)NC(=S)N2CCC(C)CC2)cc1. The van der Waals surface area contributed by atoms with Gasteiger partial charge < -0.3 is 4.90 Å². The van der Waals surface area contributed by atoms with Crippen LogP contribution in [-0.2, 0) is 0 Å². The second-order valence-electron chi connectivity index (χ2n) is 5.29. The summed E-state index contributed by atoms with van der Waals surface area (Å²) in [6, 6.07) is 7.51. The zero-order valence-electron chi connectivity index (χ0n) is 11.5. The van der Waals surface area contributed by atoms with Crippen LogP contribution < -0.4 is 5.32 Å². The summed E-state index contributed by atoms with van der Waals surface area (Å²) < 4.78 is 0. The van der Waals surface area contributed by atoms with E-state index in [0.717, 1.165) is 37.4 Å². The standard InChI is InChI=1S/C15H20N2OS/c1-11-3-5-13(6-4-11)14(18)16-15(19)17-9-7-12(2)8-10-17/h3-6,12H,7-10H2,1-2H3,(H,16,18,19). The van der Waals surface area contributed by atoms with Gasteiger partial charge in [0.2, 0.25) is 0 Å². The first-order valence-corrected chi connectivity index (χ1v) is 7.14. The van der Waals surface area contributed by atoms with Gasteiger partial charge >= 0.3 is 0 Å². The van der Waals surface area contributed by atoms with Crippen LogP contribution in [-0.4, -0.2) is 29.0 Å². The molecule has 1 saturated heterocycles. The van der Waals surface area contributed by atoms with Crippen molar-refractivity contribution in [3.63, 3.8) is 0 Å². The van der Waals surface area contributed by atoms with Crippen LogP contribution in [0.25, 0.3) is 0 Å². The lowest BCUT2D eigenvalue weighted by atomic mass is 10.00. The van der Waals surface area contributed by atoms with Gasteiger partial charge in [0, 0.05) is 18.7 Å². The maximum absolute atomic E-state index is 12.0. The molecule has 0 radical (unpaired) electrons. The molecule has 2 rings (SSSR count). The topological polar surface area (TPSA) is 32.3 Å². The van der Waals surface area contributed by atoms with Gasteiger partial charge in [-0.25, -0.2) is 0 Å². The minimum absolute atomic E-state index is 0.122. The minimum Gasteiger partial charge on any atom is -0.349 e. The number of amides is 1. The highest BCUT2D eigenvalue weighted by atomic mass is 32.1. The number of aryl methyl sites for hydroxylation is 1. The van der Waals surface area contributed by atoms with Gasteiger partial charge in [0.1, 0.15) is 0 Å². The van der Waals surface area contributed by atoms with E-state index in [-0.39, 0.29) is 5.91 Å². The molecule has 1 N–H and O–H groups in total. The molecule has 1 aliphatic rings. The molecule has 4 heteroatoms. The minimum atomic E-state index is -0.122. The maximum atomic E-state index is 12.0. The van der Waals surface area contributed by atoms with E-state index in [9.17, 15) is 4.79 Å². The third-order valence-electron chi connectivity index (χ3n) is 3.61. The summed E-state index contributed by atoms with van der Waals surface area (Å²) in [6.45, 7) is 6.13. The first kappa shape index (κ1) is 14.0. The van der Waals surface area contributed by atoms with E-state index in [1.165, 1.54) is 0 Å². The predicted octanol–water partition coefficient (Wildman–Crippen LogP) is 2.74. The molecule has 0 saturated carbocycles. The van der Waals surface area contributed by atoms with Crippen LogP contribution in [0.4, 0.5) is 0 Å². The summed E-state index contributed by atoms with van der Waals surface area (Å²) in [7, 11) is 0. The molecule has 0 spiro atoms. The summed E-state index contributed by atoms with van der Waals surface area (Å²) in [6.07, 6.45) is 2.28. The van der Waals surface area contributed by atoms with Crippen molar-refractivity contribution in [3.05, 3.63) is 35.4 Å². The third-order valence-corrected chi connectivity index (χ3v) is 3.97. The summed E-state index contributed by atoms with van der Waals surface area (Å²) in [5.41, 5.74) is 1.79. The van der Waals surface area contributed by atoms with Crippen LogP contribution in [0.1, 0.15) is 35.7 Å². The van der Waals surface area contributed by atoms with Crippen LogP contribution >= 0.6 is 12.2 Å². The van der Waals surface area contributed by atoms with Gasteiger partial charge in [-0.05, 0) is 50.0 Å². The molecule has 0 atom stereocenters. The monoisotopic (exact) mass is 276 g/mol. The highest BCUT2D eigenvalue weighted by molar-refractivity contribution is 7.80. The quantitative estimate of drug-likeness (QED) is 0.801. The molecular formula is C15H20N2OS. The zero-order chi connectivity index (χ0) is 13.8. The average Bonchev–Trinajstić information content (AvgIpc) is 2.40. The summed E-state index contributed by atoms with van der Waals surface area (Å²) in [5, 5.41) is 3.37. The molecule has 0 aromatic heterocycles. The number of carbonyl (C=O) groups is 1. The van der Waals surface area contributed by atoms with Gasteiger partial charge in [-0.2, -0.15) is 0 Å². The van der Waals surface area contributed by atoms with Crippen LogP contribution in [0.5, 0.6) is 0 Å². The normalized spacial score (nSPS) is 16.2. The van der Waals surface area contributed by atoms with E-state index in [0.29, 0.717) is 10.7 Å². The second-order valence-corrected chi connectivity index (χ2v) is 5.68. The van der Waals surface area contributed by atoms with Crippen molar-refractivity contribution < 1.29 is 4.79 Å². The number of carbonyl (C=O) groups excluding carboxylic acids is 1. The fraction of sp³-hybridized carbons (Fsp3) is 0.467. The first-order valence-electron chi connectivity index (χ1n) is 6.73. The van der Waals surface area contributed by atoms with Crippen molar-refractivity contribution in [1.82, 2.24) is 10.2 Å². The molecule has 1 aliphatic heterocycles. The largest absolute Gasteiger partial charge is 0.349 e. The average molecular weight is 276 g/mol. The summed E-state index contributed by atoms with van der Waals surface area (Å²) >= 11 is 5.31. The van der Waals surface area contributed by atoms with E-state index in [1.54, 1.807) is 0 Å². The van der Waals surface area contributed by atoms with Crippen molar-refractivity contribution >= 4 is 23.2 Å². The van der Waals surface area contributed by atoms with E-state index in [2.05, 4.69) is 17.1 Å². The highest BCUT2D eigenvalue weighted by Gasteiger charge is 2.19. The number of hydrogen-bond acceptors (Lipinski definition) is 2. The number of thiocarbonyl (C=S) groups is 1. The third kappa shape index (κ3) is 3.77. The molecule has 1 heterocycles. The van der Waals surface area contributed by atoms with Crippen molar-refractivity contribution in [2.24, 2.45) is 5.92 Å². The summed E-state index contributed by atoms with van der Waals surface area (Å²) in [4.78, 5) is 14.1. The van der Waals surface area contributed by atoms with Crippen molar-refractivity contribution in [2.45, 2.75) is 26.7 Å². The number of nitrogens with zero attached hydrogens (tertiary/aromatic N) is 1. The van der Waals surface area contributed by atoms with Crippen LogP contribution in [0.3, 0.4) is 0 Å². The van der Waals surface area contributed by atoms with Gasteiger partial charge in [0.15, 0.2) is 5.11 Å². The lowest BCUT2D eigenvalue weighted by Gasteiger charge is -2.32. The lowest BCUT2D eigenvalue weighted by Crippen LogP contribution is -2.46. The predicted molar refractivity (Wildman–Crippen MR) is 81.2 cm³/mol. The maximum Gasteiger partial charge on any atom is 0.257 e. The first-order chi connectivity index (χ1) is 9.06. The Balaban J connectivity index is 1.91. The molecule has 1 fully saturated rings. The molecule has 1 aromatic carbocycles. The number of likely N-dealkylation sites (tertiary alicyclic amines) is 1. The molecule has 19 heavy (non-hydrogen) atoms. The Morgan fingerprint density at radius 1 is 1.26 bits per heavy atom. The van der Waals surface area contributed by atoms with Gasteiger partial charge in [-0.15, -0.1) is 0 Å². The summed E-state index contributed by atoms with van der Waals surface area (Å²) in [5.74, 6) is 0.635.